The van der Waals surface area contributed by atoms with Crippen molar-refractivity contribution in [2.45, 2.75) is 51.2 Å². The number of amides is 3. The molecule has 3 atom stereocenters. The molecule has 2 aromatic carbocycles. The summed E-state index contributed by atoms with van der Waals surface area (Å²) in [7, 11) is 5.31. The van der Waals surface area contributed by atoms with E-state index >= 15 is 4.39 Å². The lowest BCUT2D eigenvalue weighted by Gasteiger charge is -2.44. The molecule has 1 aliphatic rings. The molecule has 0 radical (unpaired) electrons. The molecule has 1 saturated heterocycles. The first-order valence-electron chi connectivity index (χ1n) is 13.0. The molecule has 3 rings (SSSR count). The standard InChI is InChI=1S/C29H38F2N4O3/c1-19(2)17-25-27(36)32-24(14-11-20-9-7-6-8-10-20)28(37)35(25)26(22-13-12-21(30)18-23(22)31)29(38)34(5)16-15-33(3)4/h6-10,12-13,18-19,24-26H,11,14-17H2,1-5H3,(H,32,36). The molecule has 1 heterocycles. The molecule has 0 aliphatic carbocycles. The van der Waals surface area contributed by atoms with Crippen molar-refractivity contribution in [2.24, 2.45) is 5.92 Å². The van der Waals surface area contributed by atoms with Crippen LogP contribution in [0.15, 0.2) is 48.5 Å². The van der Waals surface area contributed by atoms with Gasteiger partial charge in [0.1, 0.15) is 29.8 Å². The number of halogens is 2. The number of benzene rings is 2. The summed E-state index contributed by atoms with van der Waals surface area (Å²) < 4.78 is 29.1. The summed E-state index contributed by atoms with van der Waals surface area (Å²) in [6.45, 7) is 4.70. The van der Waals surface area contributed by atoms with Crippen LogP contribution in [-0.2, 0) is 20.8 Å². The summed E-state index contributed by atoms with van der Waals surface area (Å²) in [5.41, 5.74) is 0.873. The highest BCUT2D eigenvalue weighted by Crippen LogP contribution is 2.33. The average molecular weight is 529 g/mol. The van der Waals surface area contributed by atoms with E-state index in [0.29, 0.717) is 32.0 Å². The first kappa shape index (κ1) is 29.2. The Morgan fingerprint density at radius 1 is 1.03 bits per heavy atom. The molecule has 9 heteroatoms. The summed E-state index contributed by atoms with van der Waals surface area (Å²) in [6, 6.07) is 9.27. The second kappa shape index (κ2) is 13.0. The number of nitrogens with zero attached hydrogens (tertiary/aromatic N) is 3. The Hall–Kier alpha value is -3.33. The zero-order valence-electron chi connectivity index (χ0n) is 22.8. The third-order valence-electron chi connectivity index (χ3n) is 6.79. The van der Waals surface area contributed by atoms with Gasteiger partial charge in [0.25, 0.3) is 0 Å². The molecule has 206 valence electrons. The molecule has 1 N–H and O–H groups in total. The molecule has 7 nitrogen and oxygen atoms in total. The SMILES string of the molecule is CC(C)CC1C(=O)NC(CCc2ccccc2)C(=O)N1C(C(=O)N(C)CCN(C)C)c1ccc(F)cc1F. The molecule has 2 aromatic rings. The van der Waals surface area contributed by atoms with E-state index in [-0.39, 0.29) is 23.8 Å². The maximum Gasteiger partial charge on any atom is 0.249 e. The van der Waals surface area contributed by atoms with Crippen molar-refractivity contribution >= 4 is 17.7 Å². The van der Waals surface area contributed by atoms with Gasteiger partial charge in [-0.25, -0.2) is 8.78 Å². The van der Waals surface area contributed by atoms with E-state index in [1.807, 2.05) is 63.2 Å². The maximum atomic E-state index is 15.2. The summed E-state index contributed by atoms with van der Waals surface area (Å²) in [5.74, 6) is -3.08. The van der Waals surface area contributed by atoms with Crippen molar-refractivity contribution in [3.63, 3.8) is 0 Å². The molecule has 0 aromatic heterocycles. The fourth-order valence-electron chi connectivity index (χ4n) is 4.71. The van der Waals surface area contributed by atoms with Gasteiger partial charge in [-0.2, -0.15) is 0 Å². The number of carbonyl (C=O) groups excluding carboxylic acids is 3. The molecule has 0 saturated carbocycles. The quantitative estimate of drug-likeness (QED) is 0.485. The topological polar surface area (TPSA) is 73.0 Å². The van der Waals surface area contributed by atoms with E-state index in [0.717, 1.165) is 11.6 Å². The lowest BCUT2D eigenvalue weighted by molar-refractivity contribution is -0.159. The Kier molecular flexibility index (Phi) is 9.96. The highest BCUT2D eigenvalue weighted by atomic mass is 19.1. The summed E-state index contributed by atoms with van der Waals surface area (Å²) >= 11 is 0. The Morgan fingerprint density at radius 2 is 1.71 bits per heavy atom. The van der Waals surface area contributed by atoms with Crippen LogP contribution in [0.4, 0.5) is 8.78 Å². The number of piperazine rings is 1. The normalized spacial score (nSPS) is 18.6. The second-order valence-electron chi connectivity index (χ2n) is 10.6. The van der Waals surface area contributed by atoms with E-state index in [4.69, 9.17) is 0 Å². The van der Waals surface area contributed by atoms with Crippen molar-refractivity contribution in [2.75, 3.05) is 34.2 Å². The molecule has 1 aliphatic heterocycles. The largest absolute Gasteiger partial charge is 0.342 e. The summed E-state index contributed by atoms with van der Waals surface area (Å²) in [5, 5.41) is 2.84. The number of nitrogens with one attached hydrogen (secondary N) is 1. The lowest BCUT2D eigenvalue weighted by Crippen LogP contribution is -2.65. The van der Waals surface area contributed by atoms with Crippen LogP contribution in [0, 0.1) is 17.6 Å². The van der Waals surface area contributed by atoms with Crippen LogP contribution < -0.4 is 5.32 Å². The van der Waals surface area contributed by atoms with Gasteiger partial charge in [-0.15, -0.1) is 0 Å². The van der Waals surface area contributed by atoms with E-state index in [1.165, 1.54) is 15.9 Å². The Balaban J connectivity index is 2.04. The van der Waals surface area contributed by atoms with E-state index in [1.54, 1.807) is 7.05 Å². The summed E-state index contributed by atoms with van der Waals surface area (Å²) in [4.78, 5) is 45.9. The first-order valence-corrected chi connectivity index (χ1v) is 13.0. The zero-order valence-corrected chi connectivity index (χ0v) is 22.8. The van der Waals surface area contributed by atoms with Gasteiger partial charge in [0, 0.05) is 31.8 Å². The highest BCUT2D eigenvalue weighted by Gasteiger charge is 2.47. The zero-order chi connectivity index (χ0) is 28.0. The van der Waals surface area contributed by atoms with Gasteiger partial charge < -0.3 is 20.0 Å². The maximum absolute atomic E-state index is 15.2. The average Bonchev–Trinajstić information content (AvgIpc) is 2.86. The number of aryl methyl sites for hydroxylation is 1. The Bertz CT molecular complexity index is 1130. The third kappa shape index (κ3) is 7.16. The van der Waals surface area contributed by atoms with Gasteiger partial charge in [0.2, 0.25) is 17.7 Å². The van der Waals surface area contributed by atoms with E-state index in [9.17, 15) is 18.8 Å². The minimum absolute atomic E-state index is 0.0159. The van der Waals surface area contributed by atoms with Gasteiger partial charge in [-0.1, -0.05) is 50.2 Å². The molecule has 38 heavy (non-hydrogen) atoms. The monoisotopic (exact) mass is 528 g/mol. The van der Waals surface area contributed by atoms with Crippen molar-refractivity contribution in [1.82, 2.24) is 20.0 Å². The minimum atomic E-state index is -1.41. The highest BCUT2D eigenvalue weighted by molar-refractivity contribution is 6.00. The predicted molar refractivity (Wildman–Crippen MR) is 142 cm³/mol. The summed E-state index contributed by atoms with van der Waals surface area (Å²) in [6.07, 6.45) is 1.15. The van der Waals surface area contributed by atoms with Crippen LogP contribution in [-0.4, -0.2) is 78.7 Å². The van der Waals surface area contributed by atoms with Crippen LogP contribution >= 0.6 is 0 Å². The van der Waals surface area contributed by atoms with Crippen LogP contribution in [0.5, 0.6) is 0 Å². The fourth-order valence-corrected chi connectivity index (χ4v) is 4.71. The number of likely N-dealkylation sites (N-methyl/N-ethyl adjacent to an activating group) is 2. The fraction of sp³-hybridized carbons (Fsp3) is 0.483. The van der Waals surface area contributed by atoms with Gasteiger partial charge in [-0.05, 0) is 50.9 Å². The van der Waals surface area contributed by atoms with Crippen molar-refractivity contribution < 1.29 is 23.2 Å². The molecule has 0 bridgehead atoms. The van der Waals surface area contributed by atoms with Gasteiger partial charge in [-0.3, -0.25) is 14.4 Å². The van der Waals surface area contributed by atoms with Crippen LogP contribution in [0.2, 0.25) is 0 Å². The second-order valence-corrected chi connectivity index (χ2v) is 10.6. The molecule has 0 spiro atoms. The Labute approximate surface area is 223 Å². The van der Waals surface area contributed by atoms with Crippen molar-refractivity contribution in [3.8, 4) is 0 Å². The van der Waals surface area contributed by atoms with Gasteiger partial charge in [0.15, 0.2) is 0 Å². The predicted octanol–water partition coefficient (Wildman–Crippen LogP) is 3.40. The van der Waals surface area contributed by atoms with Crippen molar-refractivity contribution in [1.29, 1.82) is 0 Å². The molecular formula is C29H38F2N4O3. The number of rotatable bonds is 11. The third-order valence-corrected chi connectivity index (χ3v) is 6.79. The number of hydrogen-bond donors (Lipinski definition) is 1. The molecule has 3 amide bonds. The van der Waals surface area contributed by atoms with Gasteiger partial charge in [0.05, 0.1) is 0 Å². The van der Waals surface area contributed by atoms with Crippen LogP contribution in [0.1, 0.15) is 43.9 Å². The molecular weight excluding hydrogens is 490 g/mol. The number of carbonyl (C=O) groups is 3. The van der Waals surface area contributed by atoms with E-state index in [2.05, 4.69) is 5.32 Å². The minimum Gasteiger partial charge on any atom is -0.342 e. The lowest BCUT2D eigenvalue weighted by atomic mass is 9.91. The first-order chi connectivity index (χ1) is 18.0. The van der Waals surface area contributed by atoms with Gasteiger partial charge >= 0.3 is 0 Å². The Morgan fingerprint density at radius 3 is 2.32 bits per heavy atom. The smallest absolute Gasteiger partial charge is 0.249 e. The number of hydrogen-bond acceptors (Lipinski definition) is 4. The molecule has 1 fully saturated rings. The van der Waals surface area contributed by atoms with Crippen molar-refractivity contribution in [3.05, 3.63) is 71.3 Å². The van der Waals surface area contributed by atoms with Crippen LogP contribution in [0.3, 0.4) is 0 Å². The van der Waals surface area contributed by atoms with E-state index < -0.39 is 41.6 Å². The van der Waals surface area contributed by atoms with Crippen LogP contribution in [0.25, 0.3) is 0 Å². The molecule has 3 unspecified atom stereocenters.